The van der Waals surface area contributed by atoms with Gasteiger partial charge in [-0.25, -0.2) is 9.37 Å². The molecule has 0 N–H and O–H groups in total. The predicted molar refractivity (Wildman–Crippen MR) is 85.6 cm³/mol. The summed E-state index contributed by atoms with van der Waals surface area (Å²) < 4.78 is 19.1. The molecule has 1 aliphatic rings. The Morgan fingerprint density at radius 2 is 2.26 bits per heavy atom. The zero-order valence-corrected chi connectivity index (χ0v) is 13.9. The molecule has 3 heterocycles. The van der Waals surface area contributed by atoms with Crippen LogP contribution >= 0.6 is 15.9 Å². The second kappa shape index (κ2) is 7.04. The van der Waals surface area contributed by atoms with E-state index in [0.717, 1.165) is 17.1 Å². The number of ether oxygens (including phenoxy) is 1. The van der Waals surface area contributed by atoms with E-state index >= 15 is 0 Å². The first kappa shape index (κ1) is 15.9. The highest BCUT2D eigenvalue weighted by Gasteiger charge is 2.27. The van der Waals surface area contributed by atoms with Crippen molar-refractivity contribution in [1.82, 2.24) is 14.9 Å². The summed E-state index contributed by atoms with van der Waals surface area (Å²) in [5.41, 5.74) is 0.571. The highest BCUT2D eigenvalue weighted by atomic mass is 79.9. The van der Waals surface area contributed by atoms with E-state index in [9.17, 15) is 9.18 Å². The summed E-state index contributed by atoms with van der Waals surface area (Å²) in [5.74, 6) is 0.220. The molecule has 1 amide bonds. The van der Waals surface area contributed by atoms with Gasteiger partial charge in [-0.15, -0.1) is 0 Å². The lowest BCUT2D eigenvalue weighted by molar-refractivity contribution is 0.0782. The summed E-state index contributed by atoms with van der Waals surface area (Å²) in [6.45, 7) is 1.78. The maximum absolute atomic E-state index is 12.8. The Kier molecular flexibility index (Phi) is 4.85. The first-order valence-electron chi connectivity index (χ1n) is 7.26. The van der Waals surface area contributed by atoms with Crippen molar-refractivity contribution in [3.05, 3.63) is 52.6 Å². The Morgan fingerprint density at radius 3 is 3.00 bits per heavy atom. The Morgan fingerprint density at radius 1 is 1.39 bits per heavy atom. The molecule has 1 unspecified atom stereocenters. The Hall–Kier alpha value is -2.02. The van der Waals surface area contributed by atoms with Crippen LogP contribution in [0.3, 0.4) is 0 Å². The van der Waals surface area contributed by atoms with Crippen LogP contribution in [0.25, 0.3) is 0 Å². The van der Waals surface area contributed by atoms with Crippen LogP contribution < -0.4 is 4.74 Å². The lowest BCUT2D eigenvalue weighted by atomic mass is 10.1. The molecule has 0 radical (unpaired) electrons. The third kappa shape index (κ3) is 4.04. The summed E-state index contributed by atoms with van der Waals surface area (Å²) in [7, 11) is 0. The van der Waals surface area contributed by atoms with Crippen LogP contribution in [-0.2, 0) is 0 Å². The van der Waals surface area contributed by atoms with Crippen LogP contribution in [0.5, 0.6) is 5.88 Å². The Bertz CT molecular complexity index is 696. The molecule has 7 heteroatoms. The van der Waals surface area contributed by atoms with E-state index in [1.54, 1.807) is 23.4 Å². The summed E-state index contributed by atoms with van der Waals surface area (Å²) in [4.78, 5) is 22.1. The van der Waals surface area contributed by atoms with Crippen molar-refractivity contribution in [2.24, 2.45) is 5.92 Å². The molecule has 0 aliphatic carbocycles. The van der Waals surface area contributed by atoms with Crippen molar-refractivity contribution < 1.29 is 13.9 Å². The van der Waals surface area contributed by atoms with Gasteiger partial charge in [0.2, 0.25) is 5.88 Å². The van der Waals surface area contributed by atoms with Crippen molar-refractivity contribution in [3.63, 3.8) is 0 Å². The molecule has 1 fully saturated rings. The monoisotopic (exact) mass is 379 g/mol. The maximum atomic E-state index is 12.8. The maximum Gasteiger partial charge on any atom is 0.255 e. The third-order valence-corrected chi connectivity index (χ3v) is 4.13. The molecule has 23 heavy (non-hydrogen) atoms. The zero-order chi connectivity index (χ0) is 16.2. The minimum absolute atomic E-state index is 0.0267. The van der Waals surface area contributed by atoms with E-state index in [-0.39, 0.29) is 11.8 Å². The summed E-state index contributed by atoms with van der Waals surface area (Å²) in [6.07, 6.45) is 5.21. The number of halogens is 2. The van der Waals surface area contributed by atoms with E-state index < -0.39 is 5.82 Å². The van der Waals surface area contributed by atoms with Gasteiger partial charge in [0.25, 0.3) is 5.91 Å². The zero-order valence-electron chi connectivity index (χ0n) is 12.3. The average Bonchev–Trinajstić information content (AvgIpc) is 3.02. The number of hydrogen-bond donors (Lipinski definition) is 0. The van der Waals surface area contributed by atoms with Gasteiger partial charge in [-0.1, -0.05) is 0 Å². The fourth-order valence-electron chi connectivity index (χ4n) is 2.52. The van der Waals surface area contributed by atoms with Gasteiger partial charge in [0.15, 0.2) is 0 Å². The van der Waals surface area contributed by atoms with E-state index in [1.165, 1.54) is 12.1 Å². The number of rotatable bonds is 4. The smallest absolute Gasteiger partial charge is 0.255 e. The number of carbonyl (C=O) groups excluding carboxylic acids is 1. The molecule has 1 aliphatic heterocycles. The van der Waals surface area contributed by atoms with E-state index in [2.05, 4.69) is 25.9 Å². The summed E-state index contributed by atoms with van der Waals surface area (Å²) >= 11 is 3.32. The molecule has 0 saturated carbocycles. The molecule has 0 bridgehead atoms. The quantitative estimate of drug-likeness (QED) is 0.819. The molecule has 0 aromatic carbocycles. The van der Waals surface area contributed by atoms with Gasteiger partial charge in [0, 0.05) is 41.9 Å². The fourth-order valence-corrected chi connectivity index (χ4v) is 2.88. The highest BCUT2D eigenvalue weighted by Crippen LogP contribution is 2.21. The molecular formula is C16H15BrFN3O2. The highest BCUT2D eigenvalue weighted by molar-refractivity contribution is 9.10. The SMILES string of the molecule is O=C(c1cncc(Br)c1)N1CCC(COc2ccc(F)cn2)C1. The van der Waals surface area contributed by atoms with Gasteiger partial charge < -0.3 is 9.64 Å². The second-order valence-electron chi connectivity index (χ2n) is 5.42. The van der Waals surface area contributed by atoms with Crippen molar-refractivity contribution in [2.45, 2.75) is 6.42 Å². The molecule has 0 spiro atoms. The predicted octanol–water partition coefficient (Wildman–Crippen LogP) is 2.92. The van der Waals surface area contributed by atoms with Crippen LogP contribution in [0.4, 0.5) is 4.39 Å². The van der Waals surface area contributed by atoms with Gasteiger partial charge in [-0.2, -0.15) is 0 Å². The van der Waals surface area contributed by atoms with E-state index in [4.69, 9.17) is 4.74 Å². The first-order valence-corrected chi connectivity index (χ1v) is 8.05. The van der Waals surface area contributed by atoms with Gasteiger partial charge in [0.05, 0.1) is 18.4 Å². The van der Waals surface area contributed by atoms with Crippen LogP contribution in [-0.4, -0.2) is 40.5 Å². The number of nitrogens with zero attached hydrogens (tertiary/aromatic N) is 3. The number of hydrogen-bond acceptors (Lipinski definition) is 4. The van der Waals surface area contributed by atoms with Crippen LogP contribution in [0.15, 0.2) is 41.3 Å². The minimum atomic E-state index is -0.391. The number of pyridine rings is 2. The molecule has 1 atom stereocenters. The van der Waals surface area contributed by atoms with Crippen molar-refractivity contribution in [1.29, 1.82) is 0 Å². The van der Waals surface area contributed by atoms with Crippen LogP contribution in [0.2, 0.25) is 0 Å². The van der Waals surface area contributed by atoms with Gasteiger partial charge in [-0.3, -0.25) is 9.78 Å². The first-order chi connectivity index (χ1) is 11.1. The number of carbonyl (C=O) groups is 1. The Balaban J connectivity index is 1.54. The van der Waals surface area contributed by atoms with E-state index in [0.29, 0.717) is 31.1 Å². The Labute approximate surface area is 141 Å². The fraction of sp³-hybridized carbons (Fsp3) is 0.312. The van der Waals surface area contributed by atoms with Crippen LogP contribution in [0, 0.1) is 11.7 Å². The molecule has 2 aromatic rings. The van der Waals surface area contributed by atoms with Crippen molar-refractivity contribution in [3.8, 4) is 5.88 Å². The molecule has 3 rings (SSSR count). The summed E-state index contributed by atoms with van der Waals surface area (Å²) in [6, 6.07) is 4.58. The van der Waals surface area contributed by atoms with Crippen molar-refractivity contribution in [2.75, 3.05) is 19.7 Å². The van der Waals surface area contributed by atoms with Gasteiger partial charge >= 0.3 is 0 Å². The van der Waals surface area contributed by atoms with Crippen LogP contribution in [0.1, 0.15) is 16.8 Å². The normalized spacial score (nSPS) is 17.3. The molecule has 120 valence electrons. The molecule has 1 saturated heterocycles. The lowest BCUT2D eigenvalue weighted by Crippen LogP contribution is -2.29. The number of amides is 1. The second-order valence-corrected chi connectivity index (χ2v) is 6.34. The number of aromatic nitrogens is 2. The standard InChI is InChI=1S/C16H15BrFN3O2/c17-13-5-12(6-19-7-13)16(22)21-4-3-11(9-21)10-23-15-2-1-14(18)8-20-15/h1-2,5-8,11H,3-4,9-10H2. The van der Waals surface area contributed by atoms with Gasteiger partial charge in [-0.05, 0) is 34.5 Å². The lowest BCUT2D eigenvalue weighted by Gasteiger charge is -2.16. The van der Waals surface area contributed by atoms with E-state index in [1.807, 2.05) is 0 Å². The molecule has 5 nitrogen and oxygen atoms in total. The minimum Gasteiger partial charge on any atom is -0.477 e. The van der Waals surface area contributed by atoms with Crippen molar-refractivity contribution >= 4 is 21.8 Å². The number of likely N-dealkylation sites (tertiary alicyclic amines) is 1. The van der Waals surface area contributed by atoms with Gasteiger partial charge in [0.1, 0.15) is 5.82 Å². The topological polar surface area (TPSA) is 55.3 Å². The molecular weight excluding hydrogens is 365 g/mol. The third-order valence-electron chi connectivity index (χ3n) is 3.69. The summed E-state index contributed by atoms with van der Waals surface area (Å²) in [5, 5.41) is 0. The molecule has 2 aromatic heterocycles. The average molecular weight is 380 g/mol. The largest absolute Gasteiger partial charge is 0.477 e.